The topological polar surface area (TPSA) is 30.2 Å². The van der Waals surface area contributed by atoms with Crippen molar-refractivity contribution < 1.29 is 0 Å². The summed E-state index contributed by atoms with van der Waals surface area (Å²) >= 11 is 3.41. The quantitative estimate of drug-likeness (QED) is 0.572. The highest BCUT2D eigenvalue weighted by atomic mass is 79.9. The average molecular weight is 248 g/mol. The van der Waals surface area contributed by atoms with E-state index in [1.165, 1.54) is 0 Å². The fraction of sp³-hybridized carbons (Fsp3) is 0. The summed E-state index contributed by atoms with van der Waals surface area (Å²) < 4.78 is 2.70. The molecule has 0 unspecified atom stereocenters. The van der Waals surface area contributed by atoms with Crippen LogP contribution in [0.2, 0.25) is 0 Å². The Balaban J connectivity index is 2.66. The lowest BCUT2D eigenvalue weighted by atomic mass is 10.2. The molecule has 3 rings (SSSR count). The largest absolute Gasteiger partial charge is 0.278 e. The van der Waals surface area contributed by atoms with Crippen molar-refractivity contribution in [1.29, 1.82) is 0 Å². The van der Waals surface area contributed by atoms with Crippen LogP contribution in [0.1, 0.15) is 0 Å². The third kappa shape index (κ3) is 0.974. The molecule has 0 radical (unpaired) electrons. The second-order valence-electron chi connectivity index (χ2n) is 3.02. The number of aromatic nitrogens is 3. The highest BCUT2D eigenvalue weighted by Gasteiger charge is 2.05. The van der Waals surface area contributed by atoms with Gasteiger partial charge in [0.05, 0.1) is 5.52 Å². The number of nitrogens with zero attached hydrogens (tertiary/aromatic N) is 3. The van der Waals surface area contributed by atoms with Gasteiger partial charge in [0, 0.05) is 17.8 Å². The molecular weight excluding hydrogens is 242 g/mol. The van der Waals surface area contributed by atoms with Crippen molar-refractivity contribution >= 4 is 32.5 Å². The molecule has 68 valence electrons. The zero-order chi connectivity index (χ0) is 9.54. The third-order valence-electron chi connectivity index (χ3n) is 2.20. The first-order chi connectivity index (χ1) is 6.86. The molecule has 0 amide bonds. The van der Waals surface area contributed by atoms with Gasteiger partial charge in [-0.15, -0.1) is 0 Å². The van der Waals surface area contributed by atoms with Crippen LogP contribution < -0.4 is 0 Å². The van der Waals surface area contributed by atoms with Gasteiger partial charge in [-0.05, 0) is 28.1 Å². The van der Waals surface area contributed by atoms with Crippen molar-refractivity contribution in [2.75, 3.05) is 0 Å². The molecule has 2 heterocycles. The lowest BCUT2D eigenvalue weighted by Gasteiger charge is -2.01. The number of hydrogen-bond acceptors (Lipinski definition) is 2. The Hall–Kier alpha value is -1.42. The van der Waals surface area contributed by atoms with E-state index in [9.17, 15) is 0 Å². The molecule has 0 bridgehead atoms. The van der Waals surface area contributed by atoms with Gasteiger partial charge in [0.25, 0.3) is 0 Å². The molecule has 0 saturated heterocycles. The van der Waals surface area contributed by atoms with Crippen molar-refractivity contribution in [2.24, 2.45) is 0 Å². The Kier molecular flexibility index (Phi) is 1.58. The zero-order valence-electron chi connectivity index (χ0n) is 7.18. The molecule has 2 aromatic heterocycles. The summed E-state index contributed by atoms with van der Waals surface area (Å²) in [7, 11) is 0. The van der Waals surface area contributed by atoms with Crippen LogP contribution in [0.4, 0.5) is 0 Å². The standard InChI is InChI=1S/C10H6BrN3/c11-10-13-8-4-2-1-3-7(8)9-12-5-6-14(9)10/h1-6H. The summed E-state index contributed by atoms with van der Waals surface area (Å²) in [6.45, 7) is 0. The smallest absolute Gasteiger partial charge is 0.183 e. The van der Waals surface area contributed by atoms with Gasteiger partial charge in [-0.1, -0.05) is 12.1 Å². The maximum atomic E-state index is 4.42. The van der Waals surface area contributed by atoms with Crippen molar-refractivity contribution in [3.8, 4) is 0 Å². The van der Waals surface area contributed by atoms with Gasteiger partial charge in [0.15, 0.2) is 4.73 Å². The summed E-state index contributed by atoms with van der Waals surface area (Å²) in [5.41, 5.74) is 1.89. The fourth-order valence-electron chi connectivity index (χ4n) is 1.57. The van der Waals surface area contributed by atoms with Crippen LogP contribution in [-0.4, -0.2) is 14.4 Å². The number of benzene rings is 1. The van der Waals surface area contributed by atoms with E-state index in [0.29, 0.717) is 0 Å². The van der Waals surface area contributed by atoms with Crippen LogP contribution >= 0.6 is 15.9 Å². The molecule has 1 aromatic carbocycles. The van der Waals surface area contributed by atoms with Gasteiger partial charge >= 0.3 is 0 Å². The number of halogens is 1. The van der Waals surface area contributed by atoms with Crippen molar-refractivity contribution in [3.05, 3.63) is 41.4 Å². The Morgan fingerprint density at radius 1 is 1.21 bits per heavy atom. The predicted octanol–water partition coefficient (Wildman–Crippen LogP) is 2.65. The SMILES string of the molecule is Brc1nc2ccccc2c2nccn12. The first-order valence-corrected chi connectivity index (χ1v) is 5.03. The van der Waals surface area contributed by atoms with Crippen LogP contribution in [0.5, 0.6) is 0 Å². The third-order valence-corrected chi connectivity index (χ3v) is 2.76. The Labute approximate surface area is 88.5 Å². The lowest BCUT2D eigenvalue weighted by molar-refractivity contribution is 1.07. The number of fused-ring (bicyclic) bond motifs is 3. The van der Waals surface area contributed by atoms with E-state index in [2.05, 4.69) is 25.9 Å². The maximum Gasteiger partial charge on any atom is 0.183 e. The number of imidazole rings is 1. The monoisotopic (exact) mass is 247 g/mol. The Morgan fingerprint density at radius 3 is 3.00 bits per heavy atom. The first kappa shape index (κ1) is 7.94. The molecule has 0 aliphatic heterocycles. The molecule has 0 atom stereocenters. The number of rotatable bonds is 0. The lowest BCUT2D eigenvalue weighted by Crippen LogP contribution is -1.91. The molecule has 0 aliphatic carbocycles. The minimum Gasteiger partial charge on any atom is -0.278 e. The molecular formula is C10H6BrN3. The molecule has 0 aliphatic rings. The van der Waals surface area contributed by atoms with E-state index >= 15 is 0 Å². The summed E-state index contributed by atoms with van der Waals surface area (Å²) in [6.07, 6.45) is 3.66. The molecule has 0 saturated carbocycles. The molecule has 4 heteroatoms. The van der Waals surface area contributed by atoms with Gasteiger partial charge in [-0.3, -0.25) is 4.40 Å². The zero-order valence-corrected chi connectivity index (χ0v) is 8.77. The van der Waals surface area contributed by atoms with E-state index in [-0.39, 0.29) is 0 Å². The second-order valence-corrected chi connectivity index (χ2v) is 3.73. The van der Waals surface area contributed by atoms with Crippen LogP contribution in [0.25, 0.3) is 16.6 Å². The van der Waals surface area contributed by atoms with E-state index in [1.807, 2.05) is 34.9 Å². The summed E-state index contributed by atoms with van der Waals surface area (Å²) in [5.74, 6) is 0. The predicted molar refractivity (Wildman–Crippen MR) is 58.2 cm³/mol. The molecule has 3 nitrogen and oxygen atoms in total. The van der Waals surface area contributed by atoms with Gasteiger partial charge in [0.1, 0.15) is 5.65 Å². The van der Waals surface area contributed by atoms with Crippen LogP contribution in [0.15, 0.2) is 41.4 Å². The highest BCUT2D eigenvalue weighted by Crippen LogP contribution is 2.20. The molecule has 0 N–H and O–H groups in total. The van der Waals surface area contributed by atoms with E-state index in [0.717, 1.165) is 21.3 Å². The normalized spacial score (nSPS) is 11.2. The number of hydrogen-bond donors (Lipinski definition) is 0. The first-order valence-electron chi connectivity index (χ1n) is 4.23. The highest BCUT2D eigenvalue weighted by molar-refractivity contribution is 9.10. The van der Waals surface area contributed by atoms with Crippen LogP contribution in [-0.2, 0) is 0 Å². The molecule has 0 spiro atoms. The van der Waals surface area contributed by atoms with Gasteiger partial charge < -0.3 is 0 Å². The fourth-order valence-corrected chi connectivity index (χ4v) is 2.04. The van der Waals surface area contributed by atoms with E-state index < -0.39 is 0 Å². The number of para-hydroxylation sites is 1. The summed E-state index contributed by atoms with van der Waals surface area (Å²) in [4.78, 5) is 8.72. The summed E-state index contributed by atoms with van der Waals surface area (Å²) in [6, 6.07) is 7.97. The van der Waals surface area contributed by atoms with E-state index in [4.69, 9.17) is 0 Å². The Bertz CT molecular complexity index is 615. The maximum absolute atomic E-state index is 4.42. The molecule has 3 aromatic rings. The minimum absolute atomic E-state index is 0.781. The van der Waals surface area contributed by atoms with Crippen molar-refractivity contribution in [2.45, 2.75) is 0 Å². The molecule has 14 heavy (non-hydrogen) atoms. The van der Waals surface area contributed by atoms with Crippen molar-refractivity contribution in [3.63, 3.8) is 0 Å². The van der Waals surface area contributed by atoms with Crippen LogP contribution in [0.3, 0.4) is 0 Å². The van der Waals surface area contributed by atoms with Crippen LogP contribution in [0, 0.1) is 0 Å². The van der Waals surface area contributed by atoms with E-state index in [1.54, 1.807) is 6.20 Å². The second kappa shape index (κ2) is 2.78. The van der Waals surface area contributed by atoms with Gasteiger partial charge in [-0.2, -0.15) is 0 Å². The van der Waals surface area contributed by atoms with Crippen molar-refractivity contribution in [1.82, 2.24) is 14.4 Å². The van der Waals surface area contributed by atoms with Gasteiger partial charge in [0.2, 0.25) is 0 Å². The minimum atomic E-state index is 0.781. The molecule has 0 fully saturated rings. The van der Waals surface area contributed by atoms with Gasteiger partial charge in [-0.25, -0.2) is 9.97 Å². The Morgan fingerprint density at radius 2 is 2.07 bits per heavy atom. The summed E-state index contributed by atoms with van der Waals surface area (Å²) in [5, 5.41) is 1.07. The average Bonchev–Trinajstić information content (AvgIpc) is 2.67.